The second-order valence-electron chi connectivity index (χ2n) is 3.92. The van der Waals surface area contributed by atoms with Crippen LogP contribution in [0.1, 0.15) is 24.9 Å². The quantitative estimate of drug-likeness (QED) is 0.777. The van der Waals surface area contributed by atoms with Crippen molar-refractivity contribution in [3.05, 3.63) is 34.9 Å². The van der Waals surface area contributed by atoms with Gasteiger partial charge in [-0.1, -0.05) is 29.8 Å². The molecule has 0 saturated carbocycles. The topological polar surface area (TPSA) is 72.2 Å². The zero-order chi connectivity index (χ0) is 12.9. The van der Waals surface area contributed by atoms with Gasteiger partial charge in [0.2, 0.25) is 10.0 Å². The minimum absolute atomic E-state index is 0.00472. The van der Waals surface area contributed by atoms with Crippen molar-refractivity contribution in [3.8, 4) is 0 Å². The lowest BCUT2D eigenvalue weighted by Crippen LogP contribution is -2.24. The molecule has 1 aromatic rings. The van der Waals surface area contributed by atoms with Crippen LogP contribution in [0.25, 0.3) is 0 Å². The molecule has 0 radical (unpaired) electrons. The zero-order valence-corrected chi connectivity index (χ0v) is 11.3. The number of benzene rings is 1. The fourth-order valence-corrected chi connectivity index (χ4v) is 2.37. The highest BCUT2D eigenvalue weighted by atomic mass is 35.5. The van der Waals surface area contributed by atoms with Crippen LogP contribution in [-0.2, 0) is 10.0 Å². The minimum atomic E-state index is -3.36. The van der Waals surface area contributed by atoms with Crippen LogP contribution in [0.4, 0.5) is 0 Å². The second kappa shape index (κ2) is 6.35. The summed E-state index contributed by atoms with van der Waals surface area (Å²) in [5, 5.41) is 8.83. The number of hydrogen-bond acceptors (Lipinski definition) is 3. The molecule has 0 bridgehead atoms. The fraction of sp³-hybridized carbons (Fsp3) is 0.455. The maximum absolute atomic E-state index is 10.7. The van der Waals surface area contributed by atoms with Gasteiger partial charge in [0.25, 0.3) is 0 Å². The molecular weight excluding hydrogens is 260 g/mol. The standard InChI is InChI=1S/C11H17ClN2O2S/c1-9(10-5-2-3-6-11(10)12)14-7-4-8-17(13,15)16/h2-3,5-6,9,14H,4,7-8H2,1H3,(H2,13,15,16). The molecule has 1 aromatic carbocycles. The van der Waals surface area contributed by atoms with Crippen LogP contribution < -0.4 is 10.5 Å². The number of nitrogens with one attached hydrogen (secondary N) is 1. The van der Waals surface area contributed by atoms with Crippen LogP contribution in [0.5, 0.6) is 0 Å². The molecular formula is C11H17ClN2O2S. The minimum Gasteiger partial charge on any atom is -0.310 e. The third-order valence-electron chi connectivity index (χ3n) is 2.43. The number of sulfonamides is 1. The molecule has 3 N–H and O–H groups in total. The number of hydrogen-bond donors (Lipinski definition) is 2. The predicted molar refractivity (Wildman–Crippen MR) is 70.5 cm³/mol. The molecule has 0 spiro atoms. The van der Waals surface area contributed by atoms with Gasteiger partial charge >= 0.3 is 0 Å². The Kier molecular flexibility index (Phi) is 5.39. The van der Waals surface area contributed by atoms with Gasteiger partial charge in [0.1, 0.15) is 0 Å². The second-order valence-corrected chi connectivity index (χ2v) is 6.06. The first-order chi connectivity index (χ1) is 7.90. The summed E-state index contributed by atoms with van der Waals surface area (Å²) in [7, 11) is -3.36. The average Bonchev–Trinajstić information content (AvgIpc) is 2.23. The summed E-state index contributed by atoms with van der Waals surface area (Å²) in [6.07, 6.45) is 0.494. The molecule has 1 atom stereocenters. The van der Waals surface area contributed by atoms with Crippen LogP contribution in [0.2, 0.25) is 5.02 Å². The lowest BCUT2D eigenvalue weighted by Gasteiger charge is -2.15. The smallest absolute Gasteiger partial charge is 0.209 e. The van der Waals surface area contributed by atoms with E-state index in [4.69, 9.17) is 16.7 Å². The summed E-state index contributed by atoms with van der Waals surface area (Å²) < 4.78 is 21.5. The van der Waals surface area contributed by atoms with E-state index in [0.717, 1.165) is 5.56 Å². The largest absolute Gasteiger partial charge is 0.310 e. The fourth-order valence-electron chi connectivity index (χ4n) is 1.53. The van der Waals surface area contributed by atoms with E-state index in [9.17, 15) is 8.42 Å². The van der Waals surface area contributed by atoms with Crippen molar-refractivity contribution in [2.45, 2.75) is 19.4 Å². The van der Waals surface area contributed by atoms with Crippen molar-refractivity contribution in [1.82, 2.24) is 5.32 Å². The number of rotatable bonds is 6. The molecule has 6 heteroatoms. The Hall–Kier alpha value is -0.620. The van der Waals surface area contributed by atoms with Gasteiger partial charge in [-0.3, -0.25) is 0 Å². The summed E-state index contributed by atoms with van der Waals surface area (Å²) in [5.74, 6) is -0.00472. The highest BCUT2D eigenvalue weighted by molar-refractivity contribution is 7.89. The molecule has 0 aliphatic heterocycles. The van der Waals surface area contributed by atoms with Crippen molar-refractivity contribution in [3.63, 3.8) is 0 Å². The van der Waals surface area contributed by atoms with E-state index in [1.165, 1.54) is 0 Å². The number of halogens is 1. The van der Waals surface area contributed by atoms with Gasteiger partial charge in [0.15, 0.2) is 0 Å². The van der Waals surface area contributed by atoms with Crippen molar-refractivity contribution in [1.29, 1.82) is 0 Å². The molecule has 0 aliphatic carbocycles. The maximum Gasteiger partial charge on any atom is 0.209 e. The van der Waals surface area contributed by atoms with E-state index in [1.54, 1.807) is 0 Å². The summed E-state index contributed by atoms with van der Waals surface area (Å²) in [5.41, 5.74) is 1.00. The summed E-state index contributed by atoms with van der Waals surface area (Å²) in [6, 6.07) is 7.66. The Bertz CT molecular complexity index is 462. The lowest BCUT2D eigenvalue weighted by molar-refractivity contribution is 0.561. The molecule has 0 heterocycles. The lowest BCUT2D eigenvalue weighted by atomic mass is 10.1. The van der Waals surface area contributed by atoms with E-state index >= 15 is 0 Å². The average molecular weight is 277 g/mol. The molecule has 4 nitrogen and oxygen atoms in total. The van der Waals surface area contributed by atoms with E-state index in [2.05, 4.69) is 5.32 Å². The summed E-state index contributed by atoms with van der Waals surface area (Å²) in [4.78, 5) is 0. The maximum atomic E-state index is 10.7. The molecule has 0 aliphatic rings. The Morgan fingerprint density at radius 3 is 2.65 bits per heavy atom. The van der Waals surface area contributed by atoms with E-state index in [1.807, 2.05) is 31.2 Å². The normalized spacial score (nSPS) is 13.6. The van der Waals surface area contributed by atoms with Gasteiger partial charge in [-0.2, -0.15) is 0 Å². The van der Waals surface area contributed by atoms with E-state index < -0.39 is 10.0 Å². The SMILES string of the molecule is CC(NCCCS(N)(=O)=O)c1ccccc1Cl. The van der Waals surface area contributed by atoms with Crippen LogP contribution in [0, 0.1) is 0 Å². The van der Waals surface area contributed by atoms with Crippen LogP contribution in [0.15, 0.2) is 24.3 Å². The molecule has 0 saturated heterocycles. The Morgan fingerprint density at radius 2 is 2.06 bits per heavy atom. The van der Waals surface area contributed by atoms with Crippen molar-refractivity contribution < 1.29 is 8.42 Å². The van der Waals surface area contributed by atoms with Gasteiger partial charge in [-0.25, -0.2) is 13.6 Å². The first-order valence-electron chi connectivity index (χ1n) is 5.38. The molecule has 17 heavy (non-hydrogen) atoms. The predicted octanol–water partition coefficient (Wildman–Crippen LogP) is 1.67. The molecule has 0 aromatic heterocycles. The van der Waals surface area contributed by atoms with E-state index in [-0.39, 0.29) is 11.8 Å². The van der Waals surface area contributed by atoms with E-state index in [0.29, 0.717) is 18.0 Å². The highest BCUT2D eigenvalue weighted by Crippen LogP contribution is 2.21. The third-order valence-corrected chi connectivity index (χ3v) is 3.63. The van der Waals surface area contributed by atoms with Gasteiger partial charge < -0.3 is 5.32 Å². The van der Waals surface area contributed by atoms with Crippen LogP contribution >= 0.6 is 11.6 Å². The molecule has 96 valence electrons. The van der Waals surface area contributed by atoms with Gasteiger partial charge in [-0.15, -0.1) is 0 Å². The first-order valence-corrected chi connectivity index (χ1v) is 7.48. The molecule has 1 rings (SSSR count). The Labute approximate surface area is 107 Å². The van der Waals surface area contributed by atoms with Crippen LogP contribution in [0.3, 0.4) is 0 Å². The third kappa shape index (κ3) is 5.50. The van der Waals surface area contributed by atoms with Crippen molar-refractivity contribution in [2.75, 3.05) is 12.3 Å². The van der Waals surface area contributed by atoms with Crippen LogP contribution in [-0.4, -0.2) is 20.7 Å². The number of nitrogens with two attached hydrogens (primary N) is 1. The molecule has 0 amide bonds. The van der Waals surface area contributed by atoms with Gasteiger partial charge in [-0.05, 0) is 31.5 Å². The summed E-state index contributed by atoms with van der Waals surface area (Å²) in [6.45, 7) is 2.57. The van der Waals surface area contributed by atoms with Gasteiger partial charge in [0, 0.05) is 11.1 Å². The number of primary sulfonamides is 1. The van der Waals surface area contributed by atoms with Crippen molar-refractivity contribution >= 4 is 21.6 Å². The summed E-state index contributed by atoms with van der Waals surface area (Å²) >= 11 is 6.05. The van der Waals surface area contributed by atoms with Gasteiger partial charge in [0.05, 0.1) is 5.75 Å². The van der Waals surface area contributed by atoms with Crippen molar-refractivity contribution in [2.24, 2.45) is 5.14 Å². The first kappa shape index (κ1) is 14.4. The Morgan fingerprint density at radius 1 is 1.41 bits per heavy atom. The monoisotopic (exact) mass is 276 g/mol. The molecule has 1 unspecified atom stereocenters. The zero-order valence-electron chi connectivity index (χ0n) is 9.69. The Balaban J connectivity index is 2.41. The highest BCUT2D eigenvalue weighted by Gasteiger charge is 2.08. The molecule has 0 fully saturated rings.